The topological polar surface area (TPSA) is 62.8 Å². The van der Waals surface area contributed by atoms with Gasteiger partial charge in [-0.05, 0) is 0 Å². The molecule has 2 N–H and O–H groups in total. The van der Waals surface area contributed by atoms with E-state index in [1.807, 2.05) is 0 Å². The second-order valence-electron chi connectivity index (χ2n) is 3.93. The monoisotopic (exact) mass is 264 g/mol. The third-order valence-electron chi connectivity index (χ3n) is 2.42. The van der Waals surface area contributed by atoms with Gasteiger partial charge in [-0.15, -0.1) is 0 Å². The molecule has 0 aromatic carbocycles. The molecule has 0 unspecified atom stereocenters. The minimum Gasteiger partial charge on any atom is -0.377 e. The fourth-order valence-electron chi connectivity index (χ4n) is 1.46. The molecule has 0 saturated carbocycles. The van der Waals surface area contributed by atoms with Crippen molar-refractivity contribution < 1.29 is 29.0 Å². The molecule has 1 rings (SSSR count). The van der Waals surface area contributed by atoms with E-state index in [-0.39, 0.29) is 0 Å². The van der Waals surface area contributed by atoms with Crippen LogP contribution in [0.15, 0.2) is 0 Å². The molecule has 1 saturated heterocycles. The SMILES string of the molecule is C1COCCOCCOCCOCCOCC[NH2+]1. The van der Waals surface area contributed by atoms with Gasteiger partial charge in [-0.1, -0.05) is 0 Å². The summed E-state index contributed by atoms with van der Waals surface area (Å²) in [5.41, 5.74) is 0. The van der Waals surface area contributed by atoms with Crippen LogP contribution in [0.4, 0.5) is 0 Å². The van der Waals surface area contributed by atoms with Crippen molar-refractivity contribution in [2.24, 2.45) is 0 Å². The summed E-state index contributed by atoms with van der Waals surface area (Å²) in [6, 6.07) is 0. The van der Waals surface area contributed by atoms with E-state index in [4.69, 9.17) is 23.7 Å². The molecular formula is C12H26NO5+. The third-order valence-corrected chi connectivity index (χ3v) is 2.42. The van der Waals surface area contributed by atoms with Crippen molar-refractivity contribution >= 4 is 0 Å². The lowest BCUT2D eigenvalue weighted by Gasteiger charge is -2.09. The van der Waals surface area contributed by atoms with Crippen molar-refractivity contribution in [2.75, 3.05) is 79.2 Å². The minimum atomic E-state index is 0.605. The third kappa shape index (κ3) is 10.9. The predicted molar refractivity (Wildman–Crippen MR) is 65.8 cm³/mol. The molecule has 1 aliphatic heterocycles. The first-order chi connectivity index (χ1) is 9.00. The fourth-order valence-corrected chi connectivity index (χ4v) is 1.46. The van der Waals surface area contributed by atoms with Crippen LogP contribution in [0, 0.1) is 0 Å². The van der Waals surface area contributed by atoms with Gasteiger partial charge in [0.05, 0.1) is 79.2 Å². The Kier molecular flexibility index (Phi) is 11.6. The average Bonchev–Trinajstić information content (AvgIpc) is 2.39. The maximum atomic E-state index is 5.42. The summed E-state index contributed by atoms with van der Waals surface area (Å²) in [6.45, 7) is 8.41. The van der Waals surface area contributed by atoms with Crippen LogP contribution in [0.25, 0.3) is 0 Å². The van der Waals surface area contributed by atoms with Crippen LogP contribution in [-0.4, -0.2) is 79.2 Å². The Labute approximate surface area is 109 Å². The molecule has 0 aliphatic carbocycles. The number of ether oxygens (including phenoxy) is 5. The van der Waals surface area contributed by atoms with Gasteiger partial charge in [-0.25, -0.2) is 0 Å². The highest BCUT2D eigenvalue weighted by molar-refractivity contribution is 4.36. The van der Waals surface area contributed by atoms with Crippen LogP contribution in [-0.2, 0) is 23.7 Å². The van der Waals surface area contributed by atoms with Crippen molar-refractivity contribution in [3.63, 3.8) is 0 Å². The summed E-state index contributed by atoms with van der Waals surface area (Å²) >= 11 is 0. The molecule has 6 heteroatoms. The van der Waals surface area contributed by atoms with Crippen LogP contribution >= 0.6 is 0 Å². The molecule has 0 amide bonds. The second-order valence-corrected chi connectivity index (χ2v) is 3.93. The lowest BCUT2D eigenvalue weighted by atomic mass is 10.6. The highest BCUT2D eigenvalue weighted by Gasteiger charge is 1.96. The lowest BCUT2D eigenvalue weighted by molar-refractivity contribution is -0.657. The van der Waals surface area contributed by atoms with E-state index < -0.39 is 0 Å². The smallest absolute Gasteiger partial charge is 0.0993 e. The zero-order valence-electron chi connectivity index (χ0n) is 11.1. The number of hydrogen-bond donors (Lipinski definition) is 1. The Morgan fingerprint density at radius 1 is 0.389 bits per heavy atom. The zero-order chi connectivity index (χ0) is 12.7. The first-order valence-corrected chi connectivity index (χ1v) is 6.70. The maximum Gasteiger partial charge on any atom is 0.0993 e. The summed E-state index contributed by atoms with van der Waals surface area (Å²) in [7, 11) is 0. The Bertz CT molecular complexity index is 95.5. The molecule has 108 valence electrons. The van der Waals surface area contributed by atoms with Crippen LogP contribution < -0.4 is 5.32 Å². The molecule has 0 radical (unpaired) electrons. The van der Waals surface area contributed by atoms with Gasteiger partial charge in [0.15, 0.2) is 0 Å². The van der Waals surface area contributed by atoms with Gasteiger partial charge in [-0.3, -0.25) is 0 Å². The molecule has 0 atom stereocenters. The molecule has 18 heavy (non-hydrogen) atoms. The largest absolute Gasteiger partial charge is 0.377 e. The average molecular weight is 264 g/mol. The second kappa shape index (κ2) is 13.2. The van der Waals surface area contributed by atoms with Crippen molar-refractivity contribution in [3.8, 4) is 0 Å². The van der Waals surface area contributed by atoms with Crippen LogP contribution in [0.3, 0.4) is 0 Å². The van der Waals surface area contributed by atoms with Gasteiger partial charge >= 0.3 is 0 Å². The standard InChI is InChI=1S/C12H25NO5/c1-3-14-5-7-16-9-11-18-12-10-17-8-6-15-4-2-13-1/h13H,1-12H2/p+1. The van der Waals surface area contributed by atoms with Gasteiger partial charge in [0.1, 0.15) is 0 Å². The van der Waals surface area contributed by atoms with E-state index in [9.17, 15) is 0 Å². The van der Waals surface area contributed by atoms with E-state index in [1.54, 1.807) is 0 Å². The van der Waals surface area contributed by atoms with E-state index in [2.05, 4.69) is 5.32 Å². The Hall–Kier alpha value is -0.240. The van der Waals surface area contributed by atoms with Gasteiger partial charge in [-0.2, -0.15) is 0 Å². The van der Waals surface area contributed by atoms with Crippen LogP contribution in [0.5, 0.6) is 0 Å². The Morgan fingerprint density at radius 3 is 1.00 bits per heavy atom. The lowest BCUT2D eigenvalue weighted by Crippen LogP contribution is -2.86. The van der Waals surface area contributed by atoms with Gasteiger partial charge in [0.25, 0.3) is 0 Å². The number of rotatable bonds is 0. The number of nitrogens with two attached hydrogens (primary N) is 1. The van der Waals surface area contributed by atoms with E-state index in [0.29, 0.717) is 52.9 Å². The van der Waals surface area contributed by atoms with Crippen molar-refractivity contribution in [1.82, 2.24) is 0 Å². The molecule has 0 aromatic heterocycles. The van der Waals surface area contributed by atoms with Crippen LogP contribution in [0.2, 0.25) is 0 Å². The van der Waals surface area contributed by atoms with E-state index in [0.717, 1.165) is 26.3 Å². The molecule has 0 bridgehead atoms. The molecular weight excluding hydrogens is 238 g/mol. The minimum absolute atomic E-state index is 0.605. The van der Waals surface area contributed by atoms with Crippen molar-refractivity contribution in [3.05, 3.63) is 0 Å². The highest BCUT2D eigenvalue weighted by Crippen LogP contribution is 1.83. The maximum absolute atomic E-state index is 5.42. The summed E-state index contributed by atoms with van der Waals surface area (Å²) in [6.07, 6.45) is 0. The van der Waals surface area contributed by atoms with E-state index >= 15 is 0 Å². The summed E-state index contributed by atoms with van der Waals surface area (Å²) < 4.78 is 26.9. The zero-order valence-corrected chi connectivity index (χ0v) is 11.1. The molecule has 6 nitrogen and oxygen atoms in total. The fraction of sp³-hybridized carbons (Fsp3) is 1.00. The highest BCUT2D eigenvalue weighted by atomic mass is 16.6. The number of hydrogen-bond acceptors (Lipinski definition) is 5. The summed E-state index contributed by atoms with van der Waals surface area (Å²) in [4.78, 5) is 0. The van der Waals surface area contributed by atoms with Gasteiger partial charge in [0.2, 0.25) is 0 Å². The summed E-state index contributed by atoms with van der Waals surface area (Å²) in [5.74, 6) is 0. The molecule has 1 fully saturated rings. The van der Waals surface area contributed by atoms with Gasteiger partial charge in [0, 0.05) is 0 Å². The normalized spacial score (nSPS) is 24.0. The number of quaternary nitrogens is 1. The molecule has 1 heterocycles. The Morgan fingerprint density at radius 2 is 0.667 bits per heavy atom. The summed E-state index contributed by atoms with van der Waals surface area (Å²) in [5, 5.41) is 2.19. The van der Waals surface area contributed by atoms with Gasteiger partial charge < -0.3 is 29.0 Å². The van der Waals surface area contributed by atoms with Crippen molar-refractivity contribution in [2.45, 2.75) is 0 Å². The first kappa shape index (κ1) is 15.8. The van der Waals surface area contributed by atoms with Crippen molar-refractivity contribution in [1.29, 1.82) is 0 Å². The quantitative estimate of drug-likeness (QED) is 0.586. The Balaban J connectivity index is 2.00. The van der Waals surface area contributed by atoms with E-state index in [1.165, 1.54) is 0 Å². The molecule has 1 aliphatic rings. The molecule has 0 aromatic rings. The predicted octanol–water partition coefficient (Wildman–Crippen LogP) is -1.35. The van der Waals surface area contributed by atoms with Crippen LogP contribution in [0.1, 0.15) is 0 Å². The first-order valence-electron chi connectivity index (χ1n) is 6.70. The molecule has 0 spiro atoms.